The van der Waals surface area contributed by atoms with Gasteiger partial charge in [-0.15, -0.1) is 0 Å². The highest BCUT2D eigenvalue weighted by atomic mass is 16.5. The van der Waals surface area contributed by atoms with Crippen molar-refractivity contribution < 1.29 is 19.1 Å². The molecule has 0 aromatic rings. The molecule has 0 aliphatic heterocycles. The van der Waals surface area contributed by atoms with Crippen LogP contribution in [-0.2, 0) is 19.1 Å². The van der Waals surface area contributed by atoms with E-state index in [9.17, 15) is 14.4 Å². The summed E-state index contributed by atoms with van der Waals surface area (Å²) in [5, 5.41) is 0. The Balaban J connectivity index is 1.43. The van der Waals surface area contributed by atoms with Crippen LogP contribution in [0.15, 0.2) is 35.5 Å². The van der Waals surface area contributed by atoms with Gasteiger partial charge in [-0.1, -0.05) is 43.2 Å². The Kier molecular flexibility index (Phi) is 6.61. The number of ether oxygens (including phenoxy) is 1. The number of carbonyl (C=O) groups is 3. The summed E-state index contributed by atoms with van der Waals surface area (Å²) in [5.41, 5.74) is 2.84. The number of fused-ring (bicyclic) bond motifs is 5. The molecule has 0 spiro atoms. The standard InChI is InChI=1S/C28H38O4/c1-4-5-6-7-8-26(31)32-18-25(30)24-12-11-22-21-10-9-19-17-20(29)13-15-27(19,2)23(21)14-16-28(22,24)3/h4-5,14,17,21-22,24H,6-13,15-16,18H2,1-3H3/b5-4-/t21?,22?,24-,27?,28?/m1/s1. The first-order chi connectivity index (χ1) is 15.3. The summed E-state index contributed by atoms with van der Waals surface area (Å²) in [5.74, 6) is 1.10. The third-order valence-corrected chi connectivity index (χ3v) is 9.09. The van der Waals surface area contributed by atoms with Crippen molar-refractivity contribution in [1.29, 1.82) is 0 Å². The molecule has 0 amide bonds. The van der Waals surface area contributed by atoms with Gasteiger partial charge in [0.15, 0.2) is 11.6 Å². The van der Waals surface area contributed by atoms with E-state index < -0.39 is 0 Å². The van der Waals surface area contributed by atoms with E-state index in [2.05, 4.69) is 19.9 Å². The Hall–Kier alpha value is -1.97. The highest BCUT2D eigenvalue weighted by Gasteiger charge is 2.57. The van der Waals surface area contributed by atoms with Crippen molar-refractivity contribution in [3.05, 3.63) is 35.5 Å². The van der Waals surface area contributed by atoms with E-state index in [4.69, 9.17) is 4.74 Å². The predicted octanol–water partition coefficient (Wildman–Crippen LogP) is 5.91. The number of hydrogen-bond acceptors (Lipinski definition) is 4. The molecule has 4 aliphatic carbocycles. The molecule has 174 valence electrons. The number of rotatable bonds is 7. The first-order valence-electron chi connectivity index (χ1n) is 12.5. The fourth-order valence-electron chi connectivity index (χ4n) is 7.24. The summed E-state index contributed by atoms with van der Waals surface area (Å²) in [6.07, 6.45) is 16.9. The van der Waals surface area contributed by atoms with Crippen molar-refractivity contribution in [2.24, 2.45) is 28.6 Å². The lowest BCUT2D eigenvalue weighted by molar-refractivity contribution is -0.150. The predicted molar refractivity (Wildman–Crippen MR) is 125 cm³/mol. The summed E-state index contributed by atoms with van der Waals surface area (Å²) < 4.78 is 5.36. The Morgan fingerprint density at radius 1 is 1.19 bits per heavy atom. The molecule has 4 aliphatic rings. The Morgan fingerprint density at radius 3 is 2.78 bits per heavy atom. The lowest BCUT2D eigenvalue weighted by atomic mass is 9.51. The van der Waals surface area contributed by atoms with E-state index in [0.29, 0.717) is 24.7 Å². The molecular weight excluding hydrogens is 400 g/mol. The molecule has 2 fully saturated rings. The molecule has 32 heavy (non-hydrogen) atoms. The summed E-state index contributed by atoms with van der Waals surface area (Å²) in [7, 11) is 0. The van der Waals surface area contributed by atoms with Crippen LogP contribution in [0, 0.1) is 28.6 Å². The number of ketones is 2. The average molecular weight is 439 g/mol. The number of allylic oxidation sites excluding steroid dienone is 6. The van der Waals surface area contributed by atoms with E-state index in [1.54, 1.807) is 0 Å². The van der Waals surface area contributed by atoms with Crippen LogP contribution in [0.1, 0.15) is 85.0 Å². The molecule has 5 atom stereocenters. The van der Waals surface area contributed by atoms with Crippen molar-refractivity contribution >= 4 is 17.5 Å². The van der Waals surface area contributed by atoms with Gasteiger partial charge in [-0.3, -0.25) is 14.4 Å². The highest BCUT2D eigenvalue weighted by Crippen LogP contribution is 2.64. The SMILES string of the molecule is C/C=C\CCCC(=O)OCC(=O)[C@H]1CCC2C3CCC4=CC(=O)CCC4(C)C3=CCC21C. The van der Waals surface area contributed by atoms with E-state index in [-0.39, 0.29) is 40.9 Å². The van der Waals surface area contributed by atoms with Gasteiger partial charge in [0.25, 0.3) is 0 Å². The van der Waals surface area contributed by atoms with Crippen molar-refractivity contribution in [3.8, 4) is 0 Å². The minimum atomic E-state index is -0.264. The van der Waals surface area contributed by atoms with Gasteiger partial charge in [0.05, 0.1) is 0 Å². The van der Waals surface area contributed by atoms with Crippen LogP contribution in [0.25, 0.3) is 0 Å². The Morgan fingerprint density at radius 2 is 2.00 bits per heavy atom. The summed E-state index contributed by atoms with van der Waals surface area (Å²) in [4.78, 5) is 37.1. The largest absolute Gasteiger partial charge is 0.458 e. The molecule has 4 rings (SSSR count). The van der Waals surface area contributed by atoms with E-state index in [1.165, 1.54) is 11.1 Å². The van der Waals surface area contributed by atoms with Crippen LogP contribution in [0.3, 0.4) is 0 Å². The monoisotopic (exact) mass is 438 g/mol. The first kappa shape index (κ1) is 23.2. The molecule has 0 saturated heterocycles. The van der Waals surface area contributed by atoms with Gasteiger partial charge < -0.3 is 4.74 Å². The highest BCUT2D eigenvalue weighted by molar-refractivity contribution is 5.92. The minimum absolute atomic E-state index is 0.0289. The summed E-state index contributed by atoms with van der Waals surface area (Å²) >= 11 is 0. The van der Waals surface area contributed by atoms with Gasteiger partial charge in [0.1, 0.15) is 6.61 Å². The lowest BCUT2D eigenvalue weighted by Gasteiger charge is -2.53. The number of hydrogen-bond donors (Lipinski definition) is 0. The third kappa shape index (κ3) is 4.06. The van der Waals surface area contributed by atoms with Crippen LogP contribution in [0.5, 0.6) is 0 Å². The van der Waals surface area contributed by atoms with Gasteiger partial charge >= 0.3 is 5.97 Å². The van der Waals surface area contributed by atoms with E-state index in [1.807, 2.05) is 25.2 Å². The number of Topliss-reactive ketones (excluding diaryl/α,β-unsaturated/α-hetero) is 1. The van der Waals surface area contributed by atoms with Crippen molar-refractivity contribution in [2.75, 3.05) is 6.61 Å². The van der Waals surface area contributed by atoms with Crippen molar-refractivity contribution in [2.45, 2.75) is 85.0 Å². The second-order valence-corrected chi connectivity index (χ2v) is 10.8. The summed E-state index contributed by atoms with van der Waals surface area (Å²) in [6.45, 7) is 6.51. The number of esters is 1. The van der Waals surface area contributed by atoms with Gasteiger partial charge in [-0.25, -0.2) is 0 Å². The fraction of sp³-hybridized carbons (Fsp3) is 0.679. The zero-order chi connectivity index (χ0) is 22.9. The average Bonchev–Trinajstić information content (AvgIpc) is 3.13. The van der Waals surface area contributed by atoms with E-state index >= 15 is 0 Å². The molecule has 4 unspecified atom stereocenters. The third-order valence-electron chi connectivity index (χ3n) is 9.09. The number of carbonyl (C=O) groups excluding carboxylic acids is 3. The van der Waals surface area contributed by atoms with Crippen molar-refractivity contribution in [3.63, 3.8) is 0 Å². The zero-order valence-electron chi connectivity index (χ0n) is 20.0. The maximum absolute atomic E-state index is 13.1. The van der Waals surface area contributed by atoms with Gasteiger partial charge in [0.2, 0.25) is 0 Å². The normalized spacial score (nSPS) is 36.1. The smallest absolute Gasteiger partial charge is 0.306 e. The molecular formula is C28H38O4. The lowest BCUT2D eigenvalue weighted by Crippen LogP contribution is -2.45. The zero-order valence-corrected chi connectivity index (χ0v) is 20.0. The van der Waals surface area contributed by atoms with Gasteiger partial charge in [-0.05, 0) is 81.6 Å². The van der Waals surface area contributed by atoms with E-state index in [0.717, 1.165) is 51.4 Å². The second kappa shape index (κ2) is 9.11. The molecule has 4 heteroatoms. The van der Waals surface area contributed by atoms with Crippen LogP contribution >= 0.6 is 0 Å². The molecule has 2 saturated carbocycles. The molecule has 0 heterocycles. The topological polar surface area (TPSA) is 60.4 Å². The Bertz CT molecular complexity index is 878. The minimum Gasteiger partial charge on any atom is -0.458 e. The van der Waals surface area contributed by atoms with Crippen LogP contribution in [0.2, 0.25) is 0 Å². The maximum Gasteiger partial charge on any atom is 0.306 e. The van der Waals surface area contributed by atoms with Crippen LogP contribution in [-0.4, -0.2) is 24.1 Å². The molecule has 0 bridgehead atoms. The van der Waals surface area contributed by atoms with Crippen LogP contribution in [0.4, 0.5) is 0 Å². The molecule has 0 aromatic heterocycles. The Labute approximate surface area is 192 Å². The fourth-order valence-corrected chi connectivity index (χ4v) is 7.24. The molecule has 0 aromatic carbocycles. The van der Waals surface area contributed by atoms with Crippen LogP contribution < -0.4 is 0 Å². The number of unbranched alkanes of at least 4 members (excludes halogenated alkanes) is 1. The summed E-state index contributed by atoms with van der Waals surface area (Å²) in [6, 6.07) is 0. The second-order valence-electron chi connectivity index (χ2n) is 10.8. The quantitative estimate of drug-likeness (QED) is 0.281. The van der Waals surface area contributed by atoms with Gasteiger partial charge in [-0.2, -0.15) is 0 Å². The molecule has 0 N–H and O–H groups in total. The van der Waals surface area contributed by atoms with Gasteiger partial charge in [0, 0.05) is 24.2 Å². The maximum atomic E-state index is 13.1. The van der Waals surface area contributed by atoms with Crippen molar-refractivity contribution in [1.82, 2.24) is 0 Å². The first-order valence-corrected chi connectivity index (χ1v) is 12.5. The molecule has 4 nitrogen and oxygen atoms in total. The molecule has 0 radical (unpaired) electrons.